The number of rotatable bonds is 7. The summed E-state index contributed by atoms with van der Waals surface area (Å²) in [5.74, 6) is 0. The van der Waals surface area contributed by atoms with Crippen LogP contribution in [0.15, 0.2) is 0 Å². The molecule has 0 aliphatic heterocycles. The second-order valence-corrected chi connectivity index (χ2v) is 6.00. The van der Waals surface area contributed by atoms with Crippen molar-refractivity contribution < 1.29 is 28.7 Å². The van der Waals surface area contributed by atoms with Crippen molar-refractivity contribution in [2.45, 2.75) is 0 Å². The molecule has 0 rings (SSSR count). The third-order valence-corrected chi connectivity index (χ3v) is 4.41. The average molecular weight is 263 g/mol. The van der Waals surface area contributed by atoms with Crippen LogP contribution in [0, 0.1) is 0 Å². The summed E-state index contributed by atoms with van der Waals surface area (Å²) in [4.78, 5) is 34.6. The SMILES string of the molecule is NCCNCCN(P(=O)(O)O)P(=O)(O)O. The Hall–Kier alpha value is 0.180. The van der Waals surface area contributed by atoms with Crippen LogP contribution in [0.25, 0.3) is 0 Å². The molecule has 0 aromatic heterocycles. The highest BCUT2D eigenvalue weighted by molar-refractivity contribution is 7.65. The van der Waals surface area contributed by atoms with Crippen LogP contribution >= 0.6 is 15.5 Å². The molecule has 0 unspecified atom stereocenters. The van der Waals surface area contributed by atoms with Gasteiger partial charge in [-0.3, -0.25) is 0 Å². The maximum Gasteiger partial charge on any atom is 0.412 e. The number of nitrogens with one attached hydrogen (secondary N) is 1. The van der Waals surface area contributed by atoms with E-state index in [0.29, 0.717) is 13.1 Å². The van der Waals surface area contributed by atoms with Crippen molar-refractivity contribution in [3.05, 3.63) is 0 Å². The van der Waals surface area contributed by atoms with E-state index < -0.39 is 22.0 Å². The van der Waals surface area contributed by atoms with E-state index in [0.717, 1.165) is 0 Å². The van der Waals surface area contributed by atoms with Gasteiger partial charge in [-0.25, -0.2) is 9.13 Å². The minimum atomic E-state index is -4.95. The Morgan fingerprint density at radius 2 is 1.53 bits per heavy atom. The lowest BCUT2D eigenvalue weighted by Gasteiger charge is -2.23. The number of hydrogen-bond acceptors (Lipinski definition) is 4. The minimum Gasteiger partial charge on any atom is -0.329 e. The summed E-state index contributed by atoms with van der Waals surface area (Å²) >= 11 is 0. The van der Waals surface area contributed by atoms with Crippen molar-refractivity contribution in [1.29, 1.82) is 0 Å². The smallest absolute Gasteiger partial charge is 0.329 e. The molecule has 0 aliphatic carbocycles. The molecule has 11 heteroatoms. The summed E-state index contributed by atoms with van der Waals surface area (Å²) < 4.78 is 21.3. The van der Waals surface area contributed by atoms with E-state index in [1.165, 1.54) is 0 Å². The zero-order valence-electron chi connectivity index (χ0n) is 7.85. The van der Waals surface area contributed by atoms with Gasteiger partial charge in [0.2, 0.25) is 0 Å². The molecule has 0 spiro atoms. The second-order valence-electron chi connectivity index (χ2n) is 2.66. The highest BCUT2D eigenvalue weighted by Gasteiger charge is 2.38. The van der Waals surface area contributed by atoms with Gasteiger partial charge in [-0.2, -0.15) is 0 Å². The fourth-order valence-electron chi connectivity index (χ4n) is 0.818. The van der Waals surface area contributed by atoms with Crippen LogP contribution in [0.3, 0.4) is 0 Å². The molecule has 0 radical (unpaired) electrons. The Kier molecular flexibility index (Phi) is 6.12. The predicted molar refractivity (Wildman–Crippen MR) is 52.7 cm³/mol. The van der Waals surface area contributed by atoms with Crippen LogP contribution < -0.4 is 11.1 Å². The summed E-state index contributed by atoms with van der Waals surface area (Å²) in [5.41, 5.74) is 5.13. The van der Waals surface area contributed by atoms with Gasteiger partial charge in [0, 0.05) is 26.2 Å². The summed E-state index contributed by atoms with van der Waals surface area (Å²) in [6, 6.07) is 0. The fraction of sp³-hybridized carbons (Fsp3) is 1.00. The molecule has 0 fully saturated rings. The van der Waals surface area contributed by atoms with E-state index in [4.69, 9.17) is 25.3 Å². The number of hydrogen-bond donors (Lipinski definition) is 6. The quantitative estimate of drug-likeness (QED) is 0.226. The van der Waals surface area contributed by atoms with Crippen LogP contribution in [-0.2, 0) is 9.13 Å². The van der Waals surface area contributed by atoms with E-state index in [1.54, 1.807) is 0 Å². The lowest BCUT2D eigenvalue weighted by atomic mass is 10.6. The summed E-state index contributed by atoms with van der Waals surface area (Å²) in [6.07, 6.45) is 0. The molecule has 0 heterocycles. The summed E-state index contributed by atoms with van der Waals surface area (Å²) in [5, 5.41) is 2.66. The Morgan fingerprint density at radius 1 is 1.07 bits per heavy atom. The summed E-state index contributed by atoms with van der Waals surface area (Å²) in [7, 11) is -9.89. The first kappa shape index (κ1) is 15.2. The lowest BCUT2D eigenvalue weighted by molar-refractivity contribution is 0.268. The van der Waals surface area contributed by atoms with E-state index in [9.17, 15) is 9.13 Å². The van der Waals surface area contributed by atoms with E-state index in [-0.39, 0.29) is 11.0 Å². The Bertz CT molecular complexity index is 252. The Labute approximate surface area is 86.7 Å². The molecule has 7 N–H and O–H groups in total. The van der Waals surface area contributed by atoms with Gasteiger partial charge in [0.15, 0.2) is 0 Å². The van der Waals surface area contributed by atoms with Crippen LogP contribution in [-0.4, -0.2) is 50.2 Å². The average Bonchev–Trinajstić information content (AvgIpc) is 1.99. The Morgan fingerprint density at radius 3 is 1.87 bits per heavy atom. The molecule has 92 valence electrons. The molecular formula is C4H15N3O6P2. The molecule has 0 bridgehead atoms. The third kappa shape index (κ3) is 6.36. The van der Waals surface area contributed by atoms with Gasteiger partial charge in [0.25, 0.3) is 0 Å². The lowest BCUT2D eigenvalue weighted by Crippen LogP contribution is -2.31. The van der Waals surface area contributed by atoms with Gasteiger partial charge in [0.05, 0.1) is 0 Å². The summed E-state index contributed by atoms with van der Waals surface area (Å²) in [6.45, 7) is 0.282. The monoisotopic (exact) mass is 263 g/mol. The molecule has 0 aliphatic rings. The molecule has 0 aromatic rings. The molecular weight excluding hydrogens is 248 g/mol. The first-order chi connectivity index (χ1) is 6.69. The zero-order valence-corrected chi connectivity index (χ0v) is 9.64. The number of nitrogens with zero attached hydrogens (tertiary/aromatic N) is 1. The van der Waals surface area contributed by atoms with Crippen molar-refractivity contribution in [2.75, 3.05) is 26.2 Å². The van der Waals surface area contributed by atoms with Crippen molar-refractivity contribution >= 4 is 15.5 Å². The largest absolute Gasteiger partial charge is 0.412 e. The first-order valence-electron chi connectivity index (χ1n) is 4.00. The van der Waals surface area contributed by atoms with Crippen LogP contribution in [0.1, 0.15) is 0 Å². The third-order valence-electron chi connectivity index (χ3n) is 1.41. The van der Waals surface area contributed by atoms with Crippen LogP contribution in [0.2, 0.25) is 0 Å². The number of nitrogens with two attached hydrogens (primary N) is 1. The maximum atomic E-state index is 10.7. The van der Waals surface area contributed by atoms with Crippen molar-refractivity contribution in [3.8, 4) is 0 Å². The topological polar surface area (TPSA) is 156 Å². The zero-order chi connectivity index (χ0) is 12.1. The normalized spacial score (nSPS) is 13.5. The second kappa shape index (κ2) is 6.05. The fourth-order valence-corrected chi connectivity index (χ4v) is 2.75. The molecule has 0 aromatic carbocycles. The van der Waals surface area contributed by atoms with Crippen LogP contribution in [0.5, 0.6) is 0 Å². The van der Waals surface area contributed by atoms with Gasteiger partial charge in [0.1, 0.15) is 0 Å². The highest BCUT2D eigenvalue weighted by atomic mass is 31.3. The minimum absolute atomic E-state index is 0.0213. The maximum absolute atomic E-state index is 10.7. The molecule has 0 saturated carbocycles. The van der Waals surface area contributed by atoms with Gasteiger partial charge in [-0.1, -0.05) is 0 Å². The predicted octanol–water partition coefficient (Wildman–Crippen LogP) is -1.98. The van der Waals surface area contributed by atoms with Crippen molar-refractivity contribution in [2.24, 2.45) is 5.73 Å². The van der Waals surface area contributed by atoms with Gasteiger partial charge in [-0.05, 0) is 0 Å². The van der Waals surface area contributed by atoms with Crippen molar-refractivity contribution in [3.63, 3.8) is 0 Å². The van der Waals surface area contributed by atoms with E-state index >= 15 is 0 Å². The van der Waals surface area contributed by atoms with Gasteiger partial charge < -0.3 is 30.6 Å². The molecule has 0 atom stereocenters. The van der Waals surface area contributed by atoms with Crippen molar-refractivity contribution in [1.82, 2.24) is 9.76 Å². The Balaban J connectivity index is 4.30. The molecule has 0 amide bonds. The first-order valence-corrected chi connectivity index (χ1v) is 7.13. The van der Waals surface area contributed by atoms with Crippen LogP contribution in [0.4, 0.5) is 0 Å². The van der Waals surface area contributed by atoms with E-state index in [2.05, 4.69) is 5.32 Å². The van der Waals surface area contributed by atoms with Gasteiger partial charge >= 0.3 is 15.5 Å². The van der Waals surface area contributed by atoms with E-state index in [1.807, 2.05) is 0 Å². The highest BCUT2D eigenvalue weighted by Crippen LogP contribution is 2.57. The molecule has 9 nitrogen and oxygen atoms in total. The molecule has 15 heavy (non-hydrogen) atoms. The van der Waals surface area contributed by atoms with Gasteiger partial charge in [-0.15, -0.1) is 4.44 Å². The standard InChI is InChI=1S/C4H15N3O6P2/c5-1-2-6-3-4-7(14(8,9)10)15(11,12)13/h6H,1-5H2,(H2,8,9,10)(H2,11,12,13). The molecule has 0 saturated heterocycles.